The molecule has 0 saturated heterocycles. The molecule has 0 saturated carbocycles. The molecule has 2 heteroatoms. The molecule has 0 amide bonds. The van der Waals surface area contributed by atoms with Crippen molar-refractivity contribution in [2.45, 2.75) is 19.9 Å². The fraction of sp³-hybridized carbons (Fsp3) is 0.167. The van der Waals surface area contributed by atoms with E-state index >= 15 is 0 Å². The van der Waals surface area contributed by atoms with Gasteiger partial charge in [-0.25, -0.2) is 0 Å². The standard InChI is InChI=1S/C18H16N2/c1-13-5-4-7-15(11-13)17-12-18-16-8-3-2-6-14(16)9-10-20(18)19-17/h2-8,11-12H,9-10H2,1H3. The summed E-state index contributed by atoms with van der Waals surface area (Å²) >= 11 is 0. The molecule has 3 aromatic rings. The Balaban J connectivity index is 1.86. The highest BCUT2D eigenvalue weighted by Crippen LogP contribution is 2.32. The zero-order chi connectivity index (χ0) is 13.5. The topological polar surface area (TPSA) is 17.8 Å². The van der Waals surface area contributed by atoms with E-state index in [1.807, 2.05) is 0 Å². The van der Waals surface area contributed by atoms with Crippen LogP contribution in [0, 0.1) is 6.92 Å². The van der Waals surface area contributed by atoms with Gasteiger partial charge in [-0.05, 0) is 31.0 Å². The quantitative estimate of drug-likeness (QED) is 0.644. The third kappa shape index (κ3) is 1.76. The van der Waals surface area contributed by atoms with Crippen LogP contribution >= 0.6 is 0 Å². The van der Waals surface area contributed by atoms with Gasteiger partial charge in [-0.2, -0.15) is 5.10 Å². The molecule has 0 aliphatic carbocycles. The van der Waals surface area contributed by atoms with Crippen molar-refractivity contribution < 1.29 is 0 Å². The summed E-state index contributed by atoms with van der Waals surface area (Å²) in [6.07, 6.45) is 1.07. The Kier molecular flexibility index (Phi) is 2.49. The highest BCUT2D eigenvalue weighted by Gasteiger charge is 2.18. The molecular weight excluding hydrogens is 244 g/mol. The molecule has 98 valence electrons. The number of aryl methyl sites for hydroxylation is 3. The molecule has 2 aromatic carbocycles. The van der Waals surface area contributed by atoms with E-state index in [-0.39, 0.29) is 0 Å². The zero-order valence-electron chi connectivity index (χ0n) is 11.5. The van der Waals surface area contributed by atoms with Crippen molar-refractivity contribution in [2.24, 2.45) is 0 Å². The van der Waals surface area contributed by atoms with E-state index in [4.69, 9.17) is 5.10 Å². The molecule has 0 spiro atoms. The molecule has 20 heavy (non-hydrogen) atoms. The second-order valence-electron chi connectivity index (χ2n) is 5.41. The molecule has 2 heterocycles. The Labute approximate surface area is 118 Å². The van der Waals surface area contributed by atoms with Crippen LogP contribution in [0.15, 0.2) is 54.6 Å². The van der Waals surface area contributed by atoms with Gasteiger partial charge in [-0.3, -0.25) is 4.68 Å². The number of fused-ring (bicyclic) bond motifs is 3. The SMILES string of the molecule is Cc1cccc(-c2cc3n(n2)CCc2ccccc2-3)c1. The summed E-state index contributed by atoms with van der Waals surface area (Å²) in [5.41, 5.74) is 7.53. The van der Waals surface area contributed by atoms with Gasteiger partial charge in [-0.15, -0.1) is 0 Å². The fourth-order valence-corrected chi connectivity index (χ4v) is 2.96. The largest absolute Gasteiger partial charge is 0.264 e. The minimum Gasteiger partial charge on any atom is -0.264 e. The second-order valence-corrected chi connectivity index (χ2v) is 5.41. The minimum absolute atomic E-state index is 0.970. The van der Waals surface area contributed by atoms with Gasteiger partial charge in [0, 0.05) is 17.7 Å². The molecular formula is C18H16N2. The van der Waals surface area contributed by atoms with Crippen LogP contribution in [0.5, 0.6) is 0 Å². The van der Waals surface area contributed by atoms with E-state index in [9.17, 15) is 0 Å². The molecule has 0 atom stereocenters. The van der Waals surface area contributed by atoms with Gasteiger partial charge in [0.25, 0.3) is 0 Å². The monoisotopic (exact) mass is 260 g/mol. The van der Waals surface area contributed by atoms with Crippen molar-refractivity contribution in [1.82, 2.24) is 9.78 Å². The zero-order valence-corrected chi connectivity index (χ0v) is 11.5. The van der Waals surface area contributed by atoms with Crippen LogP contribution in [-0.2, 0) is 13.0 Å². The van der Waals surface area contributed by atoms with Crippen LogP contribution in [0.25, 0.3) is 22.5 Å². The Morgan fingerprint density at radius 1 is 1.00 bits per heavy atom. The van der Waals surface area contributed by atoms with Crippen molar-refractivity contribution in [3.05, 3.63) is 65.7 Å². The van der Waals surface area contributed by atoms with E-state index in [1.165, 1.54) is 27.9 Å². The maximum absolute atomic E-state index is 4.78. The van der Waals surface area contributed by atoms with Gasteiger partial charge in [0.05, 0.1) is 11.4 Å². The third-order valence-electron chi connectivity index (χ3n) is 3.98. The molecule has 0 fully saturated rings. The molecule has 0 bridgehead atoms. The number of benzene rings is 2. The van der Waals surface area contributed by atoms with Gasteiger partial charge in [0.2, 0.25) is 0 Å². The van der Waals surface area contributed by atoms with E-state index in [0.29, 0.717) is 0 Å². The lowest BCUT2D eigenvalue weighted by molar-refractivity contribution is 0.609. The molecule has 1 aromatic heterocycles. The first-order valence-electron chi connectivity index (χ1n) is 7.04. The smallest absolute Gasteiger partial charge is 0.0929 e. The van der Waals surface area contributed by atoms with E-state index in [0.717, 1.165) is 18.7 Å². The summed E-state index contributed by atoms with van der Waals surface area (Å²) < 4.78 is 2.14. The normalized spacial score (nSPS) is 12.8. The summed E-state index contributed by atoms with van der Waals surface area (Å²) in [6, 6.07) is 19.4. The molecule has 1 aliphatic rings. The fourth-order valence-electron chi connectivity index (χ4n) is 2.96. The van der Waals surface area contributed by atoms with E-state index in [1.54, 1.807) is 0 Å². The Morgan fingerprint density at radius 3 is 2.80 bits per heavy atom. The molecule has 2 nitrogen and oxygen atoms in total. The van der Waals surface area contributed by atoms with Crippen molar-refractivity contribution in [3.63, 3.8) is 0 Å². The Hall–Kier alpha value is -2.35. The van der Waals surface area contributed by atoms with Crippen LogP contribution in [-0.4, -0.2) is 9.78 Å². The van der Waals surface area contributed by atoms with Crippen LogP contribution in [0.2, 0.25) is 0 Å². The lowest BCUT2D eigenvalue weighted by atomic mass is 9.98. The number of hydrogen-bond acceptors (Lipinski definition) is 1. The van der Waals surface area contributed by atoms with Crippen LogP contribution in [0.4, 0.5) is 0 Å². The predicted molar refractivity (Wildman–Crippen MR) is 81.5 cm³/mol. The van der Waals surface area contributed by atoms with Crippen molar-refractivity contribution >= 4 is 0 Å². The lowest BCUT2D eigenvalue weighted by Gasteiger charge is -2.17. The summed E-state index contributed by atoms with van der Waals surface area (Å²) in [6.45, 7) is 3.09. The van der Waals surface area contributed by atoms with Crippen molar-refractivity contribution in [1.29, 1.82) is 0 Å². The maximum Gasteiger partial charge on any atom is 0.0929 e. The van der Waals surface area contributed by atoms with Crippen LogP contribution in [0.1, 0.15) is 11.1 Å². The van der Waals surface area contributed by atoms with Gasteiger partial charge >= 0.3 is 0 Å². The summed E-state index contributed by atoms with van der Waals surface area (Å²) in [5, 5.41) is 4.78. The van der Waals surface area contributed by atoms with Crippen LogP contribution < -0.4 is 0 Å². The molecule has 1 aliphatic heterocycles. The summed E-state index contributed by atoms with van der Waals surface area (Å²) in [5.74, 6) is 0. The number of hydrogen-bond donors (Lipinski definition) is 0. The van der Waals surface area contributed by atoms with Crippen LogP contribution in [0.3, 0.4) is 0 Å². The first-order valence-corrected chi connectivity index (χ1v) is 7.04. The highest BCUT2D eigenvalue weighted by molar-refractivity contribution is 5.72. The minimum atomic E-state index is 0.970. The van der Waals surface area contributed by atoms with E-state index < -0.39 is 0 Å². The Morgan fingerprint density at radius 2 is 1.90 bits per heavy atom. The number of aromatic nitrogens is 2. The molecule has 0 radical (unpaired) electrons. The Bertz CT molecular complexity index is 784. The first-order chi connectivity index (χ1) is 9.81. The summed E-state index contributed by atoms with van der Waals surface area (Å²) in [4.78, 5) is 0. The van der Waals surface area contributed by atoms with Gasteiger partial charge in [0.15, 0.2) is 0 Å². The predicted octanol–water partition coefficient (Wildman–Crippen LogP) is 4.08. The van der Waals surface area contributed by atoms with Gasteiger partial charge < -0.3 is 0 Å². The number of nitrogens with zero attached hydrogens (tertiary/aromatic N) is 2. The average Bonchev–Trinajstić information content (AvgIpc) is 2.92. The van der Waals surface area contributed by atoms with E-state index in [2.05, 4.69) is 66.2 Å². The molecule has 0 N–H and O–H groups in total. The second kappa shape index (κ2) is 4.34. The van der Waals surface area contributed by atoms with Gasteiger partial charge in [-0.1, -0.05) is 48.0 Å². The van der Waals surface area contributed by atoms with Crippen molar-refractivity contribution in [3.8, 4) is 22.5 Å². The number of rotatable bonds is 1. The highest BCUT2D eigenvalue weighted by atomic mass is 15.3. The van der Waals surface area contributed by atoms with Gasteiger partial charge in [0.1, 0.15) is 0 Å². The van der Waals surface area contributed by atoms with Crippen molar-refractivity contribution in [2.75, 3.05) is 0 Å². The lowest BCUT2D eigenvalue weighted by Crippen LogP contribution is -2.11. The summed E-state index contributed by atoms with van der Waals surface area (Å²) in [7, 11) is 0. The first kappa shape index (κ1) is 11.5. The molecule has 4 rings (SSSR count). The average molecular weight is 260 g/mol. The maximum atomic E-state index is 4.78. The third-order valence-corrected chi connectivity index (χ3v) is 3.98. The molecule has 0 unspecified atom stereocenters.